The van der Waals surface area contributed by atoms with E-state index >= 15 is 0 Å². The van der Waals surface area contributed by atoms with E-state index in [-0.39, 0.29) is 0 Å². The molecule has 5 aromatic rings. The molecular weight excluding hydrogens is 532 g/mol. The number of rotatable bonds is 0. The third kappa shape index (κ3) is 2.46. The molecule has 0 heterocycles. The zero-order chi connectivity index (χ0) is 22.2. The smallest absolute Gasteiger partial charge is 0.0619 e. The van der Waals surface area contributed by atoms with Gasteiger partial charge in [0, 0.05) is 8.95 Å². The third-order valence-electron chi connectivity index (χ3n) is 7.26. The Morgan fingerprint density at radius 2 is 0.727 bits per heavy atom. The Kier molecular flexibility index (Phi) is 4.16. The van der Waals surface area contributed by atoms with Gasteiger partial charge in [0.15, 0.2) is 0 Å². The van der Waals surface area contributed by atoms with Crippen molar-refractivity contribution < 1.29 is 0 Å². The van der Waals surface area contributed by atoms with E-state index in [0.717, 1.165) is 8.95 Å². The van der Waals surface area contributed by atoms with Crippen molar-refractivity contribution in [1.29, 1.82) is 0 Å². The number of benzene rings is 5. The fraction of sp³-hybridized carbons (Fsp3) is 0.0323. The van der Waals surface area contributed by atoms with Crippen molar-refractivity contribution in [3.8, 4) is 33.4 Å². The Bertz CT molecular complexity index is 1550. The fourth-order valence-corrected chi connectivity index (χ4v) is 6.73. The molecule has 0 unspecified atom stereocenters. The molecule has 0 aromatic heterocycles. The maximum absolute atomic E-state index is 3.84. The van der Waals surface area contributed by atoms with Crippen LogP contribution in [0.2, 0.25) is 0 Å². The highest BCUT2D eigenvalue weighted by molar-refractivity contribution is 9.13. The van der Waals surface area contributed by atoms with E-state index in [2.05, 4.69) is 141 Å². The second-order valence-electron chi connectivity index (χ2n) is 8.74. The van der Waals surface area contributed by atoms with Gasteiger partial charge in [0.1, 0.15) is 0 Å². The molecule has 0 nitrogen and oxygen atoms in total. The Morgan fingerprint density at radius 1 is 0.364 bits per heavy atom. The highest BCUT2D eigenvalue weighted by Gasteiger charge is 2.49. The van der Waals surface area contributed by atoms with Gasteiger partial charge in [0.05, 0.1) is 5.41 Å². The van der Waals surface area contributed by atoms with Gasteiger partial charge in [-0.15, -0.1) is 0 Å². The van der Waals surface area contributed by atoms with E-state index in [4.69, 9.17) is 0 Å². The van der Waals surface area contributed by atoms with Crippen LogP contribution >= 0.6 is 31.9 Å². The maximum Gasteiger partial charge on any atom is 0.0725 e. The lowest BCUT2D eigenvalue weighted by Crippen LogP contribution is -2.29. The first-order valence-electron chi connectivity index (χ1n) is 11.1. The molecule has 33 heavy (non-hydrogen) atoms. The van der Waals surface area contributed by atoms with Crippen LogP contribution in [-0.4, -0.2) is 0 Å². The standard InChI is InChI=1S/C31H18Br2/c32-29-17-24-20-10-2-1-9-19(20)21-11-3-6-14-25(21)31(28(24)18-30(29)33)26-15-7-4-12-22(26)23-13-5-8-16-27(23)31/h1-18H. The molecule has 2 aliphatic carbocycles. The number of fused-ring (bicyclic) bond motifs is 12. The molecule has 2 aliphatic rings. The summed E-state index contributed by atoms with van der Waals surface area (Å²) in [7, 11) is 0. The summed E-state index contributed by atoms with van der Waals surface area (Å²) in [6.45, 7) is 0. The summed E-state index contributed by atoms with van der Waals surface area (Å²) in [5.41, 5.74) is 12.7. The number of hydrogen-bond donors (Lipinski definition) is 0. The average molecular weight is 550 g/mol. The van der Waals surface area contributed by atoms with Crippen LogP contribution in [0.5, 0.6) is 0 Å². The van der Waals surface area contributed by atoms with E-state index in [1.165, 1.54) is 55.6 Å². The van der Waals surface area contributed by atoms with Gasteiger partial charge < -0.3 is 0 Å². The summed E-state index contributed by atoms with van der Waals surface area (Å²) in [6, 6.07) is 40.3. The number of hydrogen-bond acceptors (Lipinski definition) is 0. The minimum absolute atomic E-state index is 0.401. The molecule has 0 fully saturated rings. The van der Waals surface area contributed by atoms with Crippen LogP contribution in [0.25, 0.3) is 33.4 Å². The van der Waals surface area contributed by atoms with Gasteiger partial charge >= 0.3 is 0 Å². The molecule has 0 bridgehead atoms. The van der Waals surface area contributed by atoms with E-state index < -0.39 is 5.41 Å². The Morgan fingerprint density at radius 3 is 1.24 bits per heavy atom. The average Bonchev–Trinajstić information content (AvgIpc) is 3.11. The maximum atomic E-state index is 3.84. The molecule has 156 valence electrons. The normalized spacial score (nSPS) is 14.0. The Labute approximate surface area is 210 Å². The van der Waals surface area contributed by atoms with Crippen LogP contribution in [0.3, 0.4) is 0 Å². The summed E-state index contributed by atoms with van der Waals surface area (Å²) in [6.07, 6.45) is 0. The quantitative estimate of drug-likeness (QED) is 0.177. The molecule has 5 aromatic carbocycles. The van der Waals surface area contributed by atoms with Gasteiger partial charge in [0.25, 0.3) is 0 Å². The van der Waals surface area contributed by atoms with Crippen molar-refractivity contribution in [2.75, 3.05) is 0 Å². The lowest BCUT2D eigenvalue weighted by atomic mass is 9.66. The van der Waals surface area contributed by atoms with Crippen molar-refractivity contribution in [2.45, 2.75) is 5.41 Å². The molecule has 0 radical (unpaired) electrons. The van der Waals surface area contributed by atoms with Gasteiger partial charge in [-0.05, 0) is 99.6 Å². The molecule has 7 rings (SSSR count). The predicted molar refractivity (Wildman–Crippen MR) is 144 cm³/mol. The van der Waals surface area contributed by atoms with E-state index in [9.17, 15) is 0 Å². The topological polar surface area (TPSA) is 0 Å². The van der Waals surface area contributed by atoms with E-state index in [1.807, 2.05) is 0 Å². The van der Waals surface area contributed by atoms with Gasteiger partial charge in [-0.3, -0.25) is 0 Å². The monoisotopic (exact) mass is 548 g/mol. The molecule has 0 amide bonds. The molecule has 0 saturated heterocycles. The van der Waals surface area contributed by atoms with Crippen LogP contribution in [0.1, 0.15) is 22.3 Å². The molecule has 0 saturated carbocycles. The van der Waals surface area contributed by atoms with Gasteiger partial charge in [-0.1, -0.05) is 97.1 Å². The zero-order valence-electron chi connectivity index (χ0n) is 17.6. The second kappa shape index (κ2) is 7.03. The van der Waals surface area contributed by atoms with Crippen LogP contribution in [0.4, 0.5) is 0 Å². The number of halogens is 2. The van der Waals surface area contributed by atoms with Crippen molar-refractivity contribution in [3.05, 3.63) is 140 Å². The molecular formula is C31H18Br2. The SMILES string of the molecule is Brc1cc2c(cc1Br)C1(c3ccccc3-c3ccccc3-2)c2ccccc2-c2ccccc21. The zero-order valence-corrected chi connectivity index (χ0v) is 20.8. The Hall–Kier alpha value is -2.94. The molecule has 0 aliphatic heterocycles. The summed E-state index contributed by atoms with van der Waals surface area (Å²) in [4.78, 5) is 0. The highest BCUT2D eigenvalue weighted by Crippen LogP contribution is 2.61. The van der Waals surface area contributed by atoms with Crippen LogP contribution in [0.15, 0.2) is 118 Å². The minimum atomic E-state index is -0.401. The van der Waals surface area contributed by atoms with Crippen molar-refractivity contribution >= 4 is 31.9 Å². The molecule has 2 heteroatoms. The van der Waals surface area contributed by atoms with Crippen molar-refractivity contribution in [1.82, 2.24) is 0 Å². The molecule has 0 N–H and O–H groups in total. The lowest BCUT2D eigenvalue weighted by Gasteiger charge is -2.35. The first-order valence-corrected chi connectivity index (χ1v) is 12.7. The summed E-state index contributed by atoms with van der Waals surface area (Å²) in [5.74, 6) is 0. The first-order chi connectivity index (χ1) is 16.2. The van der Waals surface area contributed by atoms with Gasteiger partial charge in [0.2, 0.25) is 0 Å². The van der Waals surface area contributed by atoms with Crippen molar-refractivity contribution in [2.24, 2.45) is 0 Å². The summed E-state index contributed by atoms with van der Waals surface area (Å²) < 4.78 is 2.14. The van der Waals surface area contributed by atoms with Gasteiger partial charge in [-0.2, -0.15) is 0 Å². The predicted octanol–water partition coefficient (Wildman–Crippen LogP) is 9.22. The first kappa shape index (κ1) is 19.5. The highest BCUT2D eigenvalue weighted by atomic mass is 79.9. The van der Waals surface area contributed by atoms with Crippen molar-refractivity contribution in [3.63, 3.8) is 0 Å². The van der Waals surface area contributed by atoms with Gasteiger partial charge in [-0.25, -0.2) is 0 Å². The third-order valence-corrected chi connectivity index (χ3v) is 9.10. The fourth-order valence-electron chi connectivity index (χ4n) is 6.04. The largest absolute Gasteiger partial charge is 0.0725 e. The van der Waals surface area contributed by atoms with Crippen LogP contribution < -0.4 is 0 Å². The summed E-state index contributed by atoms with van der Waals surface area (Å²) >= 11 is 7.64. The summed E-state index contributed by atoms with van der Waals surface area (Å²) in [5, 5.41) is 0. The van der Waals surface area contributed by atoms with Crippen LogP contribution in [-0.2, 0) is 5.41 Å². The van der Waals surface area contributed by atoms with E-state index in [1.54, 1.807) is 0 Å². The van der Waals surface area contributed by atoms with Crippen LogP contribution in [0, 0.1) is 0 Å². The molecule has 0 atom stereocenters. The molecule has 1 spiro atoms. The second-order valence-corrected chi connectivity index (χ2v) is 10.5. The Balaban J connectivity index is 1.79. The lowest BCUT2D eigenvalue weighted by molar-refractivity contribution is 0.774. The van der Waals surface area contributed by atoms with E-state index in [0.29, 0.717) is 0 Å². The minimum Gasteiger partial charge on any atom is -0.0619 e.